The molecule has 5 heteroatoms. The zero-order chi connectivity index (χ0) is 19.3. The molecule has 0 radical (unpaired) electrons. The second kappa shape index (κ2) is 6.79. The maximum atomic E-state index is 13.4. The Morgan fingerprint density at radius 1 is 1.33 bits per heavy atom. The largest absolute Gasteiger partial charge is 0.489 e. The Balaban J connectivity index is 1.66. The van der Waals surface area contributed by atoms with Crippen LogP contribution >= 0.6 is 15.9 Å². The number of aryl methyl sites for hydroxylation is 1. The number of benzene rings is 2. The molecule has 0 amide bonds. The third-order valence-corrected chi connectivity index (χ3v) is 6.21. The molecule has 2 atom stereocenters. The number of hydrogen-bond donors (Lipinski definition) is 0. The first-order chi connectivity index (χ1) is 12.9. The second-order valence-corrected chi connectivity index (χ2v) is 8.10. The van der Waals surface area contributed by atoms with Crippen molar-refractivity contribution in [3.05, 3.63) is 74.5 Å². The van der Waals surface area contributed by atoms with E-state index in [9.17, 15) is 9.18 Å². The SMILES string of the molecule is C=C1C(=O)OC2c3c(C)c(OCc4ccc(F)c(Br)c4)cc(C)c3CC[C@@H]12. The minimum atomic E-state index is -0.297. The van der Waals surface area contributed by atoms with Gasteiger partial charge in [-0.05, 0) is 83.1 Å². The van der Waals surface area contributed by atoms with Crippen LogP contribution in [0.25, 0.3) is 0 Å². The summed E-state index contributed by atoms with van der Waals surface area (Å²) in [7, 11) is 0. The van der Waals surface area contributed by atoms with E-state index in [-0.39, 0.29) is 23.8 Å². The van der Waals surface area contributed by atoms with Crippen molar-refractivity contribution in [3.63, 3.8) is 0 Å². The van der Waals surface area contributed by atoms with Crippen LogP contribution in [0.3, 0.4) is 0 Å². The molecule has 2 aliphatic rings. The van der Waals surface area contributed by atoms with Gasteiger partial charge in [-0.3, -0.25) is 0 Å². The maximum absolute atomic E-state index is 13.4. The number of halogens is 2. The van der Waals surface area contributed by atoms with Crippen LogP contribution in [-0.4, -0.2) is 5.97 Å². The highest BCUT2D eigenvalue weighted by atomic mass is 79.9. The maximum Gasteiger partial charge on any atom is 0.334 e. The molecule has 0 saturated carbocycles. The van der Waals surface area contributed by atoms with Crippen molar-refractivity contribution in [1.29, 1.82) is 0 Å². The number of rotatable bonds is 3. The van der Waals surface area contributed by atoms with Crippen LogP contribution in [0.5, 0.6) is 5.75 Å². The van der Waals surface area contributed by atoms with Gasteiger partial charge >= 0.3 is 5.97 Å². The van der Waals surface area contributed by atoms with E-state index in [0.29, 0.717) is 16.7 Å². The highest BCUT2D eigenvalue weighted by Crippen LogP contribution is 2.49. The Morgan fingerprint density at radius 2 is 2.11 bits per heavy atom. The van der Waals surface area contributed by atoms with E-state index >= 15 is 0 Å². The van der Waals surface area contributed by atoms with E-state index in [1.165, 1.54) is 11.6 Å². The van der Waals surface area contributed by atoms with Gasteiger partial charge in [0, 0.05) is 17.1 Å². The molecule has 0 spiro atoms. The first-order valence-corrected chi connectivity index (χ1v) is 9.75. The van der Waals surface area contributed by atoms with Crippen LogP contribution in [0.1, 0.15) is 40.3 Å². The van der Waals surface area contributed by atoms with Crippen LogP contribution in [0, 0.1) is 25.6 Å². The van der Waals surface area contributed by atoms with Gasteiger partial charge < -0.3 is 9.47 Å². The van der Waals surface area contributed by atoms with E-state index in [0.717, 1.165) is 40.8 Å². The molecule has 1 aliphatic heterocycles. The molecular weight excluding hydrogens is 411 g/mol. The van der Waals surface area contributed by atoms with Gasteiger partial charge in [-0.1, -0.05) is 12.6 Å². The lowest BCUT2D eigenvalue weighted by Gasteiger charge is -2.30. The van der Waals surface area contributed by atoms with Crippen molar-refractivity contribution in [2.45, 2.75) is 39.4 Å². The summed E-state index contributed by atoms with van der Waals surface area (Å²) in [6.45, 7) is 8.32. The second-order valence-electron chi connectivity index (χ2n) is 7.24. The van der Waals surface area contributed by atoms with Crippen LogP contribution in [-0.2, 0) is 22.6 Å². The summed E-state index contributed by atoms with van der Waals surface area (Å²) < 4.78 is 25.5. The molecule has 1 saturated heterocycles. The average molecular weight is 431 g/mol. The van der Waals surface area contributed by atoms with Crippen LogP contribution < -0.4 is 4.74 Å². The molecule has 2 aromatic carbocycles. The fourth-order valence-electron chi connectivity index (χ4n) is 4.11. The van der Waals surface area contributed by atoms with Gasteiger partial charge in [-0.25, -0.2) is 9.18 Å². The van der Waals surface area contributed by atoms with Gasteiger partial charge in [0.25, 0.3) is 0 Å². The number of fused-ring (bicyclic) bond motifs is 3. The summed E-state index contributed by atoms with van der Waals surface area (Å²) in [5, 5.41) is 0. The van der Waals surface area contributed by atoms with Gasteiger partial charge in [-0.15, -0.1) is 0 Å². The quantitative estimate of drug-likeness (QED) is 0.476. The topological polar surface area (TPSA) is 35.5 Å². The number of esters is 1. The van der Waals surface area contributed by atoms with Crippen LogP contribution in [0.4, 0.5) is 4.39 Å². The minimum absolute atomic E-state index is 0.0476. The highest BCUT2D eigenvalue weighted by molar-refractivity contribution is 9.10. The predicted molar refractivity (Wildman–Crippen MR) is 104 cm³/mol. The average Bonchev–Trinajstić information content (AvgIpc) is 2.93. The zero-order valence-electron chi connectivity index (χ0n) is 15.3. The van der Waals surface area contributed by atoms with Crippen molar-refractivity contribution < 1.29 is 18.7 Å². The molecule has 1 fully saturated rings. The first kappa shape index (κ1) is 18.2. The van der Waals surface area contributed by atoms with Crippen molar-refractivity contribution in [2.24, 2.45) is 5.92 Å². The van der Waals surface area contributed by atoms with Crippen LogP contribution in [0.2, 0.25) is 0 Å². The van der Waals surface area contributed by atoms with Crippen LogP contribution in [0.15, 0.2) is 40.9 Å². The van der Waals surface area contributed by atoms with Crippen molar-refractivity contribution in [3.8, 4) is 5.75 Å². The highest BCUT2D eigenvalue weighted by Gasteiger charge is 2.44. The molecule has 2 aromatic rings. The normalized spacial score (nSPS) is 20.9. The molecule has 140 valence electrons. The van der Waals surface area contributed by atoms with Crippen molar-refractivity contribution >= 4 is 21.9 Å². The Kier molecular flexibility index (Phi) is 4.58. The standard InChI is InChI=1S/C22H20BrFO3/c1-11-8-19(26-10-14-4-7-18(24)17(23)9-14)13(3)20-15(11)5-6-16-12(2)22(25)27-21(16)20/h4,7-9,16,21H,2,5-6,10H2,1,3H3/t16-,21?/m0/s1. The number of hydrogen-bond acceptors (Lipinski definition) is 3. The van der Waals surface area contributed by atoms with E-state index < -0.39 is 0 Å². The summed E-state index contributed by atoms with van der Waals surface area (Å²) in [5.74, 6) is 0.221. The third-order valence-electron chi connectivity index (χ3n) is 5.60. The van der Waals surface area contributed by atoms with Gasteiger partial charge in [0.05, 0.1) is 4.47 Å². The van der Waals surface area contributed by atoms with E-state index in [1.807, 2.05) is 13.0 Å². The molecule has 1 heterocycles. The smallest absolute Gasteiger partial charge is 0.334 e. The van der Waals surface area contributed by atoms with Crippen molar-refractivity contribution in [2.75, 3.05) is 0 Å². The summed E-state index contributed by atoms with van der Waals surface area (Å²) in [4.78, 5) is 12.0. The number of carbonyl (C=O) groups excluding carboxylic acids is 1. The lowest BCUT2D eigenvalue weighted by molar-refractivity contribution is -0.139. The lowest BCUT2D eigenvalue weighted by atomic mass is 9.76. The van der Waals surface area contributed by atoms with E-state index in [2.05, 4.69) is 29.4 Å². The Labute approximate surface area is 166 Å². The molecule has 0 bridgehead atoms. The monoisotopic (exact) mass is 430 g/mol. The van der Waals surface area contributed by atoms with E-state index in [1.54, 1.807) is 12.1 Å². The Hall–Kier alpha value is -2.14. The van der Waals surface area contributed by atoms with Gasteiger partial charge in [0.15, 0.2) is 0 Å². The van der Waals surface area contributed by atoms with E-state index in [4.69, 9.17) is 9.47 Å². The van der Waals surface area contributed by atoms with Gasteiger partial charge in [0.1, 0.15) is 24.3 Å². The first-order valence-electron chi connectivity index (χ1n) is 8.96. The lowest BCUT2D eigenvalue weighted by Crippen LogP contribution is -2.20. The summed E-state index contributed by atoms with van der Waals surface area (Å²) in [6.07, 6.45) is 1.52. The molecular formula is C22H20BrFO3. The molecule has 0 aromatic heterocycles. The molecule has 27 heavy (non-hydrogen) atoms. The summed E-state index contributed by atoms with van der Waals surface area (Å²) >= 11 is 3.20. The fourth-order valence-corrected chi connectivity index (χ4v) is 4.54. The minimum Gasteiger partial charge on any atom is -0.489 e. The summed E-state index contributed by atoms with van der Waals surface area (Å²) in [5.41, 5.74) is 5.88. The zero-order valence-corrected chi connectivity index (χ0v) is 16.9. The molecule has 3 nitrogen and oxygen atoms in total. The molecule has 1 unspecified atom stereocenters. The Bertz CT molecular complexity index is 967. The molecule has 1 aliphatic carbocycles. The Morgan fingerprint density at radius 3 is 2.85 bits per heavy atom. The van der Waals surface area contributed by atoms with Gasteiger partial charge in [-0.2, -0.15) is 0 Å². The summed E-state index contributed by atoms with van der Waals surface area (Å²) in [6, 6.07) is 6.88. The number of ether oxygens (including phenoxy) is 2. The fraction of sp³-hybridized carbons (Fsp3) is 0.318. The molecule has 4 rings (SSSR count). The van der Waals surface area contributed by atoms with Gasteiger partial charge in [0.2, 0.25) is 0 Å². The molecule has 0 N–H and O–H groups in total. The third kappa shape index (κ3) is 3.08. The predicted octanol–water partition coefficient (Wildman–Crippen LogP) is 5.50. The van der Waals surface area contributed by atoms with Crippen molar-refractivity contribution in [1.82, 2.24) is 0 Å². The number of carbonyl (C=O) groups is 1.